The highest BCUT2D eigenvalue weighted by Crippen LogP contribution is 2.45. The van der Waals surface area contributed by atoms with Gasteiger partial charge in [0.05, 0.1) is 12.6 Å². The first-order valence-electron chi connectivity index (χ1n) is 10.1. The normalized spacial score (nSPS) is 17.5. The maximum Gasteiger partial charge on any atom is 0.155 e. The highest BCUT2D eigenvalue weighted by molar-refractivity contribution is 6.39. The van der Waals surface area contributed by atoms with Crippen LogP contribution in [0.5, 0.6) is 0 Å². The number of anilines is 1. The number of hydrogen-bond acceptors (Lipinski definition) is 4. The van der Waals surface area contributed by atoms with Gasteiger partial charge in [-0.3, -0.25) is 10.00 Å². The smallest absolute Gasteiger partial charge is 0.155 e. The summed E-state index contributed by atoms with van der Waals surface area (Å²) in [6.45, 7) is 2.66. The molecule has 0 radical (unpaired) electrons. The van der Waals surface area contributed by atoms with Gasteiger partial charge in [-0.1, -0.05) is 59.1 Å². The Kier molecular flexibility index (Phi) is 6.52. The molecular formula is C23H25Cl3N4O. The van der Waals surface area contributed by atoms with Gasteiger partial charge in [-0.15, -0.1) is 0 Å². The molecule has 0 saturated heterocycles. The Morgan fingerprint density at radius 3 is 2.39 bits per heavy atom. The van der Waals surface area contributed by atoms with Crippen LogP contribution in [0.15, 0.2) is 36.4 Å². The second-order valence-electron chi connectivity index (χ2n) is 8.15. The maximum absolute atomic E-state index is 10.3. The fraction of sp³-hybridized carbons (Fsp3) is 0.348. The van der Waals surface area contributed by atoms with Crippen molar-refractivity contribution in [2.24, 2.45) is 0 Å². The predicted octanol–water partition coefficient (Wildman–Crippen LogP) is 5.25. The minimum atomic E-state index is -0.320. The number of aliphatic hydroxyl groups excluding tert-OH is 1. The van der Waals surface area contributed by atoms with Crippen LogP contribution in [-0.2, 0) is 13.0 Å². The van der Waals surface area contributed by atoms with Gasteiger partial charge in [-0.05, 0) is 36.6 Å². The van der Waals surface area contributed by atoms with Crippen molar-refractivity contribution in [3.05, 3.63) is 79.4 Å². The van der Waals surface area contributed by atoms with Crippen LogP contribution in [0.1, 0.15) is 34.0 Å². The number of H-pyrrole nitrogens is 1. The van der Waals surface area contributed by atoms with Crippen molar-refractivity contribution >= 4 is 40.6 Å². The molecule has 0 bridgehead atoms. The molecule has 2 unspecified atom stereocenters. The molecule has 1 aliphatic rings. The van der Waals surface area contributed by atoms with Gasteiger partial charge in [0.1, 0.15) is 0 Å². The van der Waals surface area contributed by atoms with Crippen molar-refractivity contribution in [3.63, 3.8) is 0 Å². The van der Waals surface area contributed by atoms with Crippen molar-refractivity contribution in [3.8, 4) is 0 Å². The topological polar surface area (TPSA) is 55.4 Å². The molecule has 3 aromatic rings. The zero-order valence-electron chi connectivity index (χ0n) is 17.7. The van der Waals surface area contributed by atoms with Crippen LogP contribution in [-0.4, -0.2) is 46.9 Å². The van der Waals surface area contributed by atoms with E-state index in [1.807, 2.05) is 38.1 Å². The van der Waals surface area contributed by atoms with Gasteiger partial charge in [0.15, 0.2) is 5.82 Å². The van der Waals surface area contributed by atoms with Crippen molar-refractivity contribution in [2.45, 2.75) is 32.0 Å². The number of aliphatic hydroxyl groups is 1. The molecular weight excluding hydrogens is 455 g/mol. The van der Waals surface area contributed by atoms with E-state index in [9.17, 15) is 5.11 Å². The Morgan fingerprint density at radius 1 is 1.13 bits per heavy atom. The molecule has 2 aromatic carbocycles. The average molecular weight is 480 g/mol. The van der Waals surface area contributed by atoms with Gasteiger partial charge >= 0.3 is 0 Å². The Bertz CT molecular complexity index is 1080. The monoisotopic (exact) mass is 478 g/mol. The van der Waals surface area contributed by atoms with E-state index in [0.29, 0.717) is 21.6 Å². The van der Waals surface area contributed by atoms with Gasteiger partial charge in [-0.2, -0.15) is 5.10 Å². The van der Waals surface area contributed by atoms with E-state index in [-0.39, 0.29) is 18.7 Å². The number of nitrogens with one attached hydrogen (secondary N) is 1. The average Bonchev–Trinajstić information content (AvgIpc) is 3.11. The first-order valence-corrected chi connectivity index (χ1v) is 11.2. The summed E-state index contributed by atoms with van der Waals surface area (Å²) in [5.74, 6) is 0.806. The fourth-order valence-electron chi connectivity index (χ4n) is 4.46. The van der Waals surface area contributed by atoms with E-state index in [4.69, 9.17) is 34.8 Å². The van der Waals surface area contributed by atoms with Crippen molar-refractivity contribution in [1.82, 2.24) is 15.1 Å². The zero-order valence-corrected chi connectivity index (χ0v) is 19.9. The van der Waals surface area contributed by atoms with Crippen molar-refractivity contribution < 1.29 is 5.11 Å². The standard InChI is InChI=1S/C23H25Cl3N4O/c1-13-20(23(28-27-13)29(2)3)22(21-18(25)9-16(24)10-19(21)26)30-11-15-7-5-4-6-14(15)8-17(30)12-31/h4-7,9-10,17,22,31H,8,11-12H2,1-3H3,(H,27,28). The number of rotatable bonds is 5. The lowest BCUT2D eigenvalue weighted by molar-refractivity contribution is 0.0798. The third kappa shape index (κ3) is 4.18. The molecule has 2 heterocycles. The minimum absolute atomic E-state index is 0.0157. The highest BCUT2D eigenvalue weighted by atomic mass is 35.5. The summed E-state index contributed by atoms with van der Waals surface area (Å²) >= 11 is 19.7. The summed E-state index contributed by atoms with van der Waals surface area (Å²) in [5, 5.41) is 19.5. The number of halogens is 3. The lowest BCUT2D eigenvalue weighted by Gasteiger charge is -2.42. The van der Waals surface area contributed by atoms with Gasteiger partial charge in [-0.25, -0.2) is 0 Å². The molecule has 31 heavy (non-hydrogen) atoms. The summed E-state index contributed by atoms with van der Waals surface area (Å²) in [6, 6.07) is 11.3. The summed E-state index contributed by atoms with van der Waals surface area (Å²) in [6.07, 6.45) is 0.736. The van der Waals surface area contributed by atoms with Gasteiger partial charge < -0.3 is 10.0 Å². The number of fused-ring (bicyclic) bond motifs is 1. The Hall–Kier alpha value is -1.76. The first kappa shape index (κ1) is 22.4. The Morgan fingerprint density at radius 2 is 1.77 bits per heavy atom. The maximum atomic E-state index is 10.3. The molecule has 0 saturated carbocycles. The number of nitrogens with zero attached hydrogens (tertiary/aromatic N) is 3. The molecule has 1 aliphatic heterocycles. The van der Waals surface area contributed by atoms with Crippen LogP contribution < -0.4 is 4.90 Å². The quantitative estimate of drug-likeness (QED) is 0.524. The molecule has 0 amide bonds. The van der Waals surface area contributed by atoms with Crippen LogP contribution in [0.3, 0.4) is 0 Å². The summed E-state index contributed by atoms with van der Waals surface area (Å²) < 4.78 is 0. The number of benzene rings is 2. The number of aromatic amines is 1. The first-order chi connectivity index (χ1) is 14.8. The van der Waals surface area contributed by atoms with Crippen LogP contribution in [0.2, 0.25) is 15.1 Å². The largest absolute Gasteiger partial charge is 0.395 e. The zero-order chi connectivity index (χ0) is 22.3. The summed E-state index contributed by atoms with van der Waals surface area (Å²) in [7, 11) is 3.91. The number of aryl methyl sites for hydroxylation is 1. The highest BCUT2D eigenvalue weighted by Gasteiger charge is 2.38. The van der Waals surface area contributed by atoms with Crippen LogP contribution in [0, 0.1) is 6.92 Å². The van der Waals surface area contributed by atoms with Gasteiger partial charge in [0.2, 0.25) is 0 Å². The van der Waals surface area contributed by atoms with Gasteiger partial charge in [0, 0.05) is 58.6 Å². The van der Waals surface area contributed by atoms with Crippen LogP contribution in [0.4, 0.5) is 5.82 Å². The van der Waals surface area contributed by atoms with E-state index < -0.39 is 0 Å². The molecule has 0 aliphatic carbocycles. The third-order valence-electron chi connectivity index (χ3n) is 5.93. The third-order valence-corrected chi connectivity index (χ3v) is 6.77. The lowest BCUT2D eigenvalue weighted by Crippen LogP contribution is -2.45. The minimum Gasteiger partial charge on any atom is -0.395 e. The van der Waals surface area contributed by atoms with Crippen molar-refractivity contribution in [1.29, 1.82) is 0 Å². The molecule has 1 aromatic heterocycles. The second kappa shape index (κ2) is 9.00. The second-order valence-corrected chi connectivity index (χ2v) is 9.40. The Labute approximate surface area is 197 Å². The van der Waals surface area contributed by atoms with E-state index in [0.717, 1.165) is 29.1 Å². The predicted molar refractivity (Wildman–Crippen MR) is 128 cm³/mol. The molecule has 8 heteroatoms. The summed E-state index contributed by atoms with van der Waals surface area (Å²) in [5.41, 5.74) is 5.14. The van der Waals surface area contributed by atoms with E-state index >= 15 is 0 Å². The molecule has 2 atom stereocenters. The lowest BCUT2D eigenvalue weighted by atomic mass is 9.88. The van der Waals surface area contributed by atoms with E-state index in [1.165, 1.54) is 11.1 Å². The molecule has 5 nitrogen and oxygen atoms in total. The summed E-state index contributed by atoms with van der Waals surface area (Å²) in [4.78, 5) is 4.24. The van der Waals surface area contributed by atoms with E-state index in [1.54, 1.807) is 12.1 Å². The SMILES string of the molecule is Cc1[nH]nc(N(C)C)c1C(c1c(Cl)cc(Cl)cc1Cl)N1Cc2ccccc2CC1CO. The molecule has 164 valence electrons. The fourth-order valence-corrected chi connectivity index (χ4v) is 5.49. The molecule has 0 spiro atoms. The van der Waals surface area contributed by atoms with Crippen LogP contribution in [0.25, 0.3) is 0 Å². The molecule has 0 fully saturated rings. The Balaban J connectivity index is 1.95. The van der Waals surface area contributed by atoms with Crippen molar-refractivity contribution in [2.75, 3.05) is 25.6 Å². The van der Waals surface area contributed by atoms with Crippen LogP contribution >= 0.6 is 34.8 Å². The molecule has 2 N–H and O–H groups in total. The molecule has 4 rings (SSSR count). The van der Waals surface area contributed by atoms with E-state index in [2.05, 4.69) is 27.2 Å². The number of aromatic nitrogens is 2. The van der Waals surface area contributed by atoms with Gasteiger partial charge in [0.25, 0.3) is 0 Å². The number of hydrogen-bond donors (Lipinski definition) is 2.